The van der Waals surface area contributed by atoms with Crippen LogP contribution in [0.3, 0.4) is 0 Å². The molecule has 0 bridgehead atoms. The minimum atomic E-state index is -0.429. The summed E-state index contributed by atoms with van der Waals surface area (Å²) in [4.78, 5) is 37.6. The molecular formula is C19H18BrN3O4. The summed E-state index contributed by atoms with van der Waals surface area (Å²) in [5, 5.41) is 5.25. The van der Waals surface area contributed by atoms with E-state index in [-0.39, 0.29) is 31.5 Å². The van der Waals surface area contributed by atoms with Crippen LogP contribution in [-0.2, 0) is 14.4 Å². The van der Waals surface area contributed by atoms with Crippen LogP contribution in [0.1, 0.15) is 5.56 Å². The Hall–Kier alpha value is -2.87. The number of benzene rings is 2. The Morgan fingerprint density at radius 3 is 2.74 bits per heavy atom. The van der Waals surface area contributed by atoms with Gasteiger partial charge in [-0.15, -0.1) is 0 Å². The van der Waals surface area contributed by atoms with Crippen molar-refractivity contribution in [2.24, 2.45) is 0 Å². The number of halogens is 1. The van der Waals surface area contributed by atoms with E-state index in [1.807, 2.05) is 19.1 Å². The number of para-hydroxylation sites is 2. The number of ether oxygens (including phenoxy) is 1. The minimum absolute atomic E-state index is 0.117. The Morgan fingerprint density at radius 2 is 1.96 bits per heavy atom. The zero-order valence-corrected chi connectivity index (χ0v) is 16.2. The minimum Gasteiger partial charge on any atom is -0.482 e. The number of rotatable bonds is 5. The zero-order chi connectivity index (χ0) is 19.4. The number of nitrogens with one attached hydrogen (secondary N) is 2. The van der Waals surface area contributed by atoms with Gasteiger partial charge < -0.3 is 15.4 Å². The molecule has 3 rings (SSSR count). The molecule has 0 aromatic heterocycles. The van der Waals surface area contributed by atoms with Gasteiger partial charge in [-0.05, 0) is 42.8 Å². The van der Waals surface area contributed by atoms with Crippen LogP contribution in [0.4, 0.5) is 11.4 Å². The van der Waals surface area contributed by atoms with E-state index < -0.39 is 5.91 Å². The van der Waals surface area contributed by atoms with Crippen molar-refractivity contribution >= 4 is 45.0 Å². The Labute approximate surface area is 164 Å². The number of hydrogen-bond donors (Lipinski definition) is 2. The Kier molecular flexibility index (Phi) is 5.75. The number of anilines is 2. The molecule has 0 atom stereocenters. The van der Waals surface area contributed by atoms with E-state index >= 15 is 0 Å². The van der Waals surface area contributed by atoms with Gasteiger partial charge >= 0.3 is 0 Å². The van der Waals surface area contributed by atoms with Crippen molar-refractivity contribution in [3.05, 3.63) is 52.5 Å². The second-order valence-corrected chi connectivity index (χ2v) is 6.88. The Morgan fingerprint density at radius 1 is 1.19 bits per heavy atom. The molecule has 0 unspecified atom stereocenters. The van der Waals surface area contributed by atoms with E-state index in [9.17, 15) is 14.4 Å². The van der Waals surface area contributed by atoms with E-state index in [0.717, 1.165) is 10.0 Å². The lowest BCUT2D eigenvalue weighted by Gasteiger charge is -2.28. The van der Waals surface area contributed by atoms with Gasteiger partial charge in [0.2, 0.25) is 11.8 Å². The van der Waals surface area contributed by atoms with Gasteiger partial charge in [0.15, 0.2) is 6.61 Å². The maximum atomic E-state index is 12.2. The van der Waals surface area contributed by atoms with E-state index in [0.29, 0.717) is 17.1 Å². The van der Waals surface area contributed by atoms with Gasteiger partial charge in [0, 0.05) is 10.2 Å². The van der Waals surface area contributed by atoms with Gasteiger partial charge in [-0.25, -0.2) is 0 Å². The normalized spacial score (nSPS) is 12.8. The molecule has 2 aromatic rings. The molecule has 2 aromatic carbocycles. The van der Waals surface area contributed by atoms with Crippen molar-refractivity contribution in [2.45, 2.75) is 6.92 Å². The number of aryl methyl sites for hydroxylation is 1. The molecule has 8 heteroatoms. The fourth-order valence-corrected chi connectivity index (χ4v) is 2.88. The molecule has 27 heavy (non-hydrogen) atoms. The largest absolute Gasteiger partial charge is 0.482 e. The lowest BCUT2D eigenvalue weighted by molar-refractivity contribution is -0.126. The standard InChI is InChI=1S/C19H18BrN3O4/c1-12-8-13(6-7-14(12)20)22-17(24)9-21-18(25)10-23-15-4-2-3-5-16(15)27-11-19(23)26/h2-8H,9-11H2,1H3,(H,21,25)(H,22,24). The molecule has 1 aliphatic rings. The fraction of sp³-hybridized carbons (Fsp3) is 0.211. The highest BCUT2D eigenvalue weighted by atomic mass is 79.9. The summed E-state index contributed by atoms with van der Waals surface area (Å²) >= 11 is 3.40. The van der Waals surface area contributed by atoms with Gasteiger partial charge in [-0.3, -0.25) is 19.3 Å². The van der Waals surface area contributed by atoms with Crippen molar-refractivity contribution in [2.75, 3.05) is 29.9 Å². The summed E-state index contributed by atoms with van der Waals surface area (Å²) in [5.74, 6) is -0.534. The zero-order valence-electron chi connectivity index (χ0n) is 14.6. The molecule has 0 saturated heterocycles. The smallest absolute Gasteiger partial charge is 0.265 e. The fourth-order valence-electron chi connectivity index (χ4n) is 2.63. The molecular weight excluding hydrogens is 414 g/mol. The van der Waals surface area contributed by atoms with Crippen molar-refractivity contribution in [3.63, 3.8) is 0 Å². The highest BCUT2D eigenvalue weighted by molar-refractivity contribution is 9.10. The lowest BCUT2D eigenvalue weighted by Crippen LogP contribution is -2.46. The predicted octanol–water partition coefficient (Wildman–Crippen LogP) is 2.24. The third-order valence-corrected chi connectivity index (χ3v) is 4.89. The molecule has 140 valence electrons. The van der Waals surface area contributed by atoms with Crippen LogP contribution < -0.4 is 20.3 Å². The van der Waals surface area contributed by atoms with E-state index in [4.69, 9.17) is 4.74 Å². The van der Waals surface area contributed by atoms with Crippen LogP contribution >= 0.6 is 15.9 Å². The molecule has 1 aliphatic heterocycles. The van der Waals surface area contributed by atoms with E-state index in [1.165, 1.54) is 4.90 Å². The second kappa shape index (κ2) is 8.22. The topological polar surface area (TPSA) is 87.7 Å². The lowest BCUT2D eigenvalue weighted by atomic mass is 10.2. The second-order valence-electron chi connectivity index (χ2n) is 6.03. The number of carbonyl (C=O) groups excluding carboxylic acids is 3. The summed E-state index contributed by atoms with van der Waals surface area (Å²) in [7, 11) is 0. The van der Waals surface area contributed by atoms with Crippen LogP contribution in [0.5, 0.6) is 5.75 Å². The quantitative estimate of drug-likeness (QED) is 0.759. The third kappa shape index (κ3) is 4.65. The molecule has 0 radical (unpaired) electrons. The summed E-state index contributed by atoms with van der Waals surface area (Å²) in [5.41, 5.74) is 2.17. The van der Waals surface area contributed by atoms with Crippen LogP contribution in [-0.4, -0.2) is 37.4 Å². The molecule has 0 saturated carbocycles. The van der Waals surface area contributed by atoms with Crippen LogP contribution in [0.2, 0.25) is 0 Å². The Bertz CT molecular complexity index is 900. The number of fused-ring (bicyclic) bond motifs is 1. The maximum Gasteiger partial charge on any atom is 0.265 e. The van der Waals surface area contributed by atoms with Gasteiger partial charge in [0.25, 0.3) is 5.91 Å². The first-order valence-electron chi connectivity index (χ1n) is 8.29. The molecule has 0 spiro atoms. The number of carbonyl (C=O) groups is 3. The molecule has 0 aliphatic carbocycles. The van der Waals surface area contributed by atoms with Crippen molar-refractivity contribution in [3.8, 4) is 5.75 Å². The average molecular weight is 432 g/mol. The van der Waals surface area contributed by atoms with Crippen molar-refractivity contribution in [1.82, 2.24) is 5.32 Å². The molecule has 1 heterocycles. The van der Waals surface area contributed by atoms with Gasteiger partial charge in [-0.2, -0.15) is 0 Å². The molecule has 7 nitrogen and oxygen atoms in total. The maximum absolute atomic E-state index is 12.2. The number of amides is 3. The number of hydrogen-bond acceptors (Lipinski definition) is 4. The van der Waals surface area contributed by atoms with Gasteiger partial charge in [0.1, 0.15) is 12.3 Å². The van der Waals surface area contributed by atoms with Crippen LogP contribution in [0, 0.1) is 6.92 Å². The van der Waals surface area contributed by atoms with E-state index in [1.54, 1.807) is 30.3 Å². The van der Waals surface area contributed by atoms with Gasteiger partial charge in [0.05, 0.1) is 12.2 Å². The van der Waals surface area contributed by atoms with Crippen LogP contribution in [0.15, 0.2) is 46.9 Å². The van der Waals surface area contributed by atoms with Crippen molar-refractivity contribution in [1.29, 1.82) is 0 Å². The Balaban J connectivity index is 1.54. The first-order chi connectivity index (χ1) is 12.9. The number of nitrogens with zero attached hydrogens (tertiary/aromatic N) is 1. The summed E-state index contributed by atoms with van der Waals surface area (Å²) < 4.78 is 6.29. The predicted molar refractivity (Wildman–Crippen MR) is 105 cm³/mol. The third-order valence-electron chi connectivity index (χ3n) is 4.00. The van der Waals surface area contributed by atoms with Crippen LogP contribution in [0.25, 0.3) is 0 Å². The monoisotopic (exact) mass is 431 g/mol. The van der Waals surface area contributed by atoms with Gasteiger partial charge in [-0.1, -0.05) is 28.1 Å². The summed E-state index contributed by atoms with van der Waals surface area (Å²) in [6, 6.07) is 12.4. The highest BCUT2D eigenvalue weighted by Gasteiger charge is 2.26. The first kappa shape index (κ1) is 18.9. The average Bonchev–Trinajstić information content (AvgIpc) is 2.65. The first-order valence-corrected chi connectivity index (χ1v) is 9.08. The molecule has 3 amide bonds. The molecule has 0 fully saturated rings. The van der Waals surface area contributed by atoms with E-state index in [2.05, 4.69) is 26.6 Å². The SMILES string of the molecule is Cc1cc(NC(=O)CNC(=O)CN2C(=O)COc3ccccc32)ccc1Br. The summed E-state index contributed by atoms with van der Waals surface area (Å²) in [6.45, 7) is 1.43. The summed E-state index contributed by atoms with van der Waals surface area (Å²) in [6.07, 6.45) is 0. The highest BCUT2D eigenvalue weighted by Crippen LogP contribution is 2.31. The molecule has 2 N–H and O–H groups in total. The van der Waals surface area contributed by atoms with Crippen molar-refractivity contribution < 1.29 is 19.1 Å².